The molecule has 2 N–H and O–H groups in total. The molecule has 0 radical (unpaired) electrons. The van der Waals surface area contributed by atoms with E-state index in [1.807, 2.05) is 0 Å². The van der Waals surface area contributed by atoms with Crippen LogP contribution in [0.5, 0.6) is 0 Å². The number of halogens is 1. The van der Waals surface area contributed by atoms with Crippen LogP contribution in [0.15, 0.2) is 0 Å². The van der Waals surface area contributed by atoms with Crippen molar-refractivity contribution in [1.29, 1.82) is 0 Å². The quantitative estimate of drug-likeness (QED) is 0.533. The summed E-state index contributed by atoms with van der Waals surface area (Å²) in [6.45, 7) is 0.734. The Morgan fingerprint density at radius 1 is 1.20 bits per heavy atom. The molecule has 0 heterocycles. The van der Waals surface area contributed by atoms with Crippen molar-refractivity contribution in [1.82, 2.24) is 5.32 Å². The monoisotopic (exact) mass is 305 g/mol. The fraction of sp³-hybridized carbons (Fsp3) is 0.857. The summed E-state index contributed by atoms with van der Waals surface area (Å²) in [7, 11) is 0. The van der Waals surface area contributed by atoms with Gasteiger partial charge in [-0.3, -0.25) is 4.79 Å². The standard InChI is InChI=1S/C14H24ClNO4/c15-8-4-5-9-20-13(19)16-11-14(10-12(17)18)6-2-1-3-7-14/h1-11H2,(H,16,19)(H,17,18). The number of amides is 1. The molecule has 0 unspecified atom stereocenters. The number of aliphatic carboxylic acids is 1. The summed E-state index contributed by atoms with van der Waals surface area (Å²) in [5.74, 6) is -0.239. The van der Waals surface area contributed by atoms with Gasteiger partial charge in [-0.25, -0.2) is 4.79 Å². The zero-order valence-electron chi connectivity index (χ0n) is 11.8. The molecule has 1 fully saturated rings. The molecule has 0 aromatic heterocycles. The number of hydrogen-bond donors (Lipinski definition) is 2. The smallest absolute Gasteiger partial charge is 0.407 e. The van der Waals surface area contributed by atoms with Gasteiger partial charge < -0.3 is 15.2 Å². The molecule has 0 aromatic carbocycles. The van der Waals surface area contributed by atoms with Gasteiger partial charge in [-0.05, 0) is 31.1 Å². The summed E-state index contributed by atoms with van der Waals surface area (Å²) < 4.78 is 5.03. The molecule has 1 aliphatic rings. The maximum Gasteiger partial charge on any atom is 0.407 e. The molecule has 0 aromatic rings. The van der Waals surface area contributed by atoms with E-state index in [1.54, 1.807) is 0 Å². The van der Waals surface area contributed by atoms with E-state index < -0.39 is 12.1 Å². The van der Waals surface area contributed by atoms with Crippen molar-refractivity contribution in [3.8, 4) is 0 Å². The lowest BCUT2D eigenvalue weighted by atomic mass is 9.72. The van der Waals surface area contributed by atoms with Gasteiger partial charge in [0.1, 0.15) is 0 Å². The largest absolute Gasteiger partial charge is 0.481 e. The van der Waals surface area contributed by atoms with Crippen molar-refractivity contribution < 1.29 is 19.4 Å². The molecule has 0 spiro atoms. The minimum Gasteiger partial charge on any atom is -0.481 e. The molecule has 1 aliphatic carbocycles. The number of unbranched alkanes of at least 4 members (excludes halogenated alkanes) is 1. The Bertz CT molecular complexity index is 316. The molecule has 0 atom stereocenters. The third kappa shape index (κ3) is 6.46. The lowest BCUT2D eigenvalue weighted by molar-refractivity contribution is -0.140. The van der Waals surface area contributed by atoms with E-state index in [0.29, 0.717) is 19.0 Å². The molecule has 5 nitrogen and oxygen atoms in total. The maximum atomic E-state index is 11.6. The number of alkyl halides is 1. The van der Waals surface area contributed by atoms with Crippen molar-refractivity contribution in [2.24, 2.45) is 5.41 Å². The highest BCUT2D eigenvalue weighted by molar-refractivity contribution is 6.17. The minimum atomic E-state index is -0.802. The fourth-order valence-corrected chi connectivity index (χ4v) is 2.90. The number of carboxylic acid groups (broad SMARTS) is 1. The number of hydrogen-bond acceptors (Lipinski definition) is 3. The molecule has 6 heteroatoms. The second-order valence-corrected chi connectivity index (χ2v) is 5.89. The molecule has 0 saturated heterocycles. The molecular formula is C14H24ClNO4. The fourth-order valence-electron chi connectivity index (χ4n) is 2.71. The first-order chi connectivity index (χ1) is 9.58. The van der Waals surface area contributed by atoms with E-state index in [-0.39, 0.29) is 11.8 Å². The zero-order chi connectivity index (χ0) is 14.8. The van der Waals surface area contributed by atoms with Gasteiger partial charge in [-0.15, -0.1) is 11.6 Å². The number of nitrogens with one attached hydrogen (secondary N) is 1. The van der Waals surface area contributed by atoms with E-state index >= 15 is 0 Å². The van der Waals surface area contributed by atoms with Crippen molar-refractivity contribution in [2.75, 3.05) is 19.0 Å². The third-order valence-electron chi connectivity index (χ3n) is 3.81. The van der Waals surface area contributed by atoms with Gasteiger partial charge in [0.15, 0.2) is 0 Å². The number of ether oxygens (including phenoxy) is 1. The second-order valence-electron chi connectivity index (χ2n) is 5.52. The minimum absolute atomic E-state index is 0.111. The molecule has 116 valence electrons. The van der Waals surface area contributed by atoms with Crippen LogP contribution in [-0.4, -0.2) is 36.2 Å². The van der Waals surface area contributed by atoms with E-state index in [9.17, 15) is 9.59 Å². The summed E-state index contributed by atoms with van der Waals surface area (Å²) >= 11 is 5.53. The molecule has 1 rings (SSSR count). The van der Waals surface area contributed by atoms with E-state index in [0.717, 1.165) is 44.9 Å². The number of rotatable bonds is 8. The first-order valence-corrected chi connectivity index (χ1v) is 7.80. The molecule has 20 heavy (non-hydrogen) atoms. The van der Waals surface area contributed by atoms with E-state index in [1.165, 1.54) is 0 Å². The van der Waals surface area contributed by atoms with Gasteiger partial charge in [0.2, 0.25) is 0 Å². The highest BCUT2D eigenvalue weighted by atomic mass is 35.5. The topological polar surface area (TPSA) is 75.6 Å². The molecular weight excluding hydrogens is 282 g/mol. The van der Waals surface area contributed by atoms with E-state index in [4.69, 9.17) is 21.4 Å². The molecule has 1 saturated carbocycles. The van der Waals surface area contributed by atoms with Crippen LogP contribution in [0.3, 0.4) is 0 Å². The Balaban J connectivity index is 2.34. The van der Waals surface area contributed by atoms with Crippen molar-refractivity contribution in [2.45, 2.75) is 51.4 Å². The first-order valence-electron chi connectivity index (χ1n) is 7.26. The van der Waals surface area contributed by atoms with Crippen LogP contribution in [0.1, 0.15) is 51.4 Å². The van der Waals surface area contributed by atoms with Crippen LogP contribution < -0.4 is 5.32 Å². The van der Waals surface area contributed by atoms with Crippen LogP contribution in [-0.2, 0) is 9.53 Å². The molecule has 0 aliphatic heterocycles. The summed E-state index contributed by atoms with van der Waals surface area (Å²) in [5.41, 5.74) is -0.306. The predicted molar refractivity (Wildman–Crippen MR) is 77.1 cm³/mol. The Morgan fingerprint density at radius 3 is 2.50 bits per heavy atom. The second kappa shape index (κ2) is 9.06. The normalized spacial score (nSPS) is 17.4. The number of carboxylic acids is 1. The number of alkyl carbamates (subject to hydrolysis) is 1. The summed E-state index contributed by atoms with van der Waals surface area (Å²) in [5, 5.41) is 11.8. The SMILES string of the molecule is O=C(O)CC1(CNC(=O)OCCCCCl)CCCCC1. The highest BCUT2D eigenvalue weighted by Crippen LogP contribution is 2.38. The Labute approximate surface area is 125 Å². The first kappa shape index (κ1) is 17.1. The molecule has 1 amide bonds. The van der Waals surface area contributed by atoms with Crippen molar-refractivity contribution in [3.05, 3.63) is 0 Å². The van der Waals surface area contributed by atoms with Gasteiger partial charge in [-0.2, -0.15) is 0 Å². The predicted octanol–water partition coefficient (Wildman–Crippen LogP) is 3.16. The number of carbonyl (C=O) groups excluding carboxylic acids is 1. The van der Waals surface area contributed by atoms with Crippen molar-refractivity contribution in [3.63, 3.8) is 0 Å². The summed E-state index contributed by atoms with van der Waals surface area (Å²) in [6.07, 6.45) is 6.12. The van der Waals surface area contributed by atoms with Crippen LogP contribution in [0.25, 0.3) is 0 Å². The Morgan fingerprint density at radius 2 is 1.90 bits per heavy atom. The maximum absolute atomic E-state index is 11.6. The van der Waals surface area contributed by atoms with Crippen LogP contribution in [0, 0.1) is 5.41 Å². The van der Waals surface area contributed by atoms with Gasteiger partial charge >= 0.3 is 12.1 Å². The lowest BCUT2D eigenvalue weighted by Crippen LogP contribution is -2.40. The van der Waals surface area contributed by atoms with Gasteiger partial charge in [0.05, 0.1) is 13.0 Å². The lowest BCUT2D eigenvalue weighted by Gasteiger charge is -2.36. The van der Waals surface area contributed by atoms with Crippen LogP contribution >= 0.6 is 11.6 Å². The third-order valence-corrected chi connectivity index (χ3v) is 4.08. The van der Waals surface area contributed by atoms with E-state index in [2.05, 4.69) is 5.32 Å². The van der Waals surface area contributed by atoms with Gasteiger partial charge in [0.25, 0.3) is 0 Å². The average Bonchev–Trinajstić information content (AvgIpc) is 2.42. The van der Waals surface area contributed by atoms with Crippen LogP contribution in [0.4, 0.5) is 4.79 Å². The average molecular weight is 306 g/mol. The highest BCUT2D eigenvalue weighted by Gasteiger charge is 2.34. The van der Waals surface area contributed by atoms with Crippen molar-refractivity contribution >= 4 is 23.7 Å². The Hall–Kier alpha value is -0.970. The number of carbonyl (C=O) groups is 2. The summed E-state index contributed by atoms with van der Waals surface area (Å²) in [4.78, 5) is 22.6. The van der Waals surface area contributed by atoms with Gasteiger partial charge in [-0.1, -0.05) is 19.3 Å². The Kier molecular flexibility index (Phi) is 7.73. The van der Waals surface area contributed by atoms with Gasteiger partial charge in [0, 0.05) is 12.4 Å². The summed E-state index contributed by atoms with van der Waals surface area (Å²) in [6, 6.07) is 0. The molecule has 0 bridgehead atoms. The zero-order valence-corrected chi connectivity index (χ0v) is 12.6. The van der Waals surface area contributed by atoms with Crippen LogP contribution in [0.2, 0.25) is 0 Å².